The Balaban J connectivity index is 1.89. The van der Waals surface area contributed by atoms with Crippen molar-refractivity contribution < 1.29 is 9.90 Å². The normalized spacial score (nSPS) is 14.4. The fourth-order valence-corrected chi connectivity index (χ4v) is 2.27. The first kappa shape index (κ1) is 12.7. The monoisotopic (exact) mass is 245 g/mol. The lowest BCUT2D eigenvalue weighted by Gasteiger charge is -2.09. The van der Waals surface area contributed by atoms with Crippen LogP contribution in [-0.2, 0) is 0 Å². The Morgan fingerprint density at radius 3 is 3.00 bits per heavy atom. The van der Waals surface area contributed by atoms with Crippen LogP contribution in [-0.4, -0.2) is 17.6 Å². The fraction of sp³-hybridized carbons (Fsp3) is 0.400. The number of nitrogens with one attached hydrogen (secondary N) is 1. The van der Waals surface area contributed by atoms with Crippen molar-refractivity contribution in [3.05, 3.63) is 41.0 Å². The van der Waals surface area contributed by atoms with Crippen molar-refractivity contribution in [2.45, 2.75) is 32.6 Å². The molecule has 0 spiro atoms. The molecule has 0 saturated heterocycles. The third kappa shape index (κ3) is 2.92. The number of hydrogen-bond donors (Lipinski definition) is 2. The van der Waals surface area contributed by atoms with Gasteiger partial charge in [-0.15, -0.1) is 0 Å². The van der Waals surface area contributed by atoms with Crippen molar-refractivity contribution in [2.24, 2.45) is 0 Å². The first-order valence-electron chi connectivity index (χ1n) is 6.43. The van der Waals surface area contributed by atoms with Crippen molar-refractivity contribution in [1.82, 2.24) is 5.32 Å². The van der Waals surface area contributed by atoms with Crippen LogP contribution in [0.1, 0.15) is 41.6 Å². The summed E-state index contributed by atoms with van der Waals surface area (Å²) in [4.78, 5) is 11.9. The molecule has 1 aliphatic carbocycles. The van der Waals surface area contributed by atoms with E-state index in [9.17, 15) is 9.90 Å². The molecule has 0 fully saturated rings. The van der Waals surface area contributed by atoms with Gasteiger partial charge in [0.05, 0.1) is 0 Å². The SMILES string of the molecule is Cc1c(O)cccc1C(=O)NCCC1=CCCC1. The largest absolute Gasteiger partial charge is 0.508 e. The highest BCUT2D eigenvalue weighted by atomic mass is 16.3. The molecule has 1 aromatic rings. The molecule has 0 saturated carbocycles. The summed E-state index contributed by atoms with van der Waals surface area (Å²) in [6, 6.07) is 5.02. The van der Waals surface area contributed by atoms with Crippen LogP contribution in [0.2, 0.25) is 0 Å². The van der Waals surface area contributed by atoms with E-state index in [2.05, 4.69) is 11.4 Å². The maximum atomic E-state index is 11.9. The predicted molar refractivity (Wildman–Crippen MR) is 71.7 cm³/mol. The molecule has 0 aromatic heterocycles. The van der Waals surface area contributed by atoms with Gasteiger partial charge in [-0.2, -0.15) is 0 Å². The molecule has 0 radical (unpaired) electrons. The van der Waals surface area contributed by atoms with Gasteiger partial charge in [-0.05, 0) is 44.7 Å². The van der Waals surface area contributed by atoms with Crippen LogP contribution in [0.3, 0.4) is 0 Å². The predicted octanol–water partition coefficient (Wildman–Crippen LogP) is 2.93. The third-order valence-corrected chi connectivity index (χ3v) is 3.42. The first-order chi connectivity index (χ1) is 8.68. The summed E-state index contributed by atoms with van der Waals surface area (Å²) in [6.07, 6.45) is 6.79. The average Bonchev–Trinajstić information content (AvgIpc) is 2.85. The second kappa shape index (κ2) is 5.71. The zero-order valence-electron chi connectivity index (χ0n) is 10.7. The molecule has 0 atom stereocenters. The number of carbonyl (C=O) groups excluding carboxylic acids is 1. The van der Waals surface area contributed by atoms with Gasteiger partial charge in [-0.25, -0.2) is 0 Å². The smallest absolute Gasteiger partial charge is 0.251 e. The van der Waals surface area contributed by atoms with Crippen LogP contribution in [0.25, 0.3) is 0 Å². The van der Waals surface area contributed by atoms with Crippen molar-refractivity contribution in [1.29, 1.82) is 0 Å². The van der Waals surface area contributed by atoms with Crippen LogP contribution in [0.15, 0.2) is 29.8 Å². The lowest BCUT2D eigenvalue weighted by molar-refractivity contribution is 0.0953. The Bertz CT molecular complexity index is 477. The molecule has 3 nitrogen and oxygen atoms in total. The van der Waals surface area contributed by atoms with Crippen LogP contribution < -0.4 is 5.32 Å². The van der Waals surface area contributed by atoms with Gasteiger partial charge in [-0.3, -0.25) is 4.79 Å². The topological polar surface area (TPSA) is 49.3 Å². The molecular weight excluding hydrogens is 226 g/mol. The number of hydrogen-bond acceptors (Lipinski definition) is 2. The minimum atomic E-state index is -0.109. The number of aromatic hydroxyl groups is 1. The Kier molecular flexibility index (Phi) is 4.03. The second-order valence-corrected chi connectivity index (χ2v) is 4.71. The van der Waals surface area contributed by atoms with Gasteiger partial charge in [-0.1, -0.05) is 17.7 Å². The maximum absolute atomic E-state index is 11.9. The fourth-order valence-electron chi connectivity index (χ4n) is 2.27. The number of phenolic OH excluding ortho intramolecular Hbond substituents is 1. The summed E-state index contributed by atoms with van der Waals surface area (Å²) in [5.74, 6) is 0.0585. The Labute approximate surface area is 108 Å². The van der Waals surface area contributed by atoms with Crippen molar-refractivity contribution in [3.63, 3.8) is 0 Å². The molecule has 2 N–H and O–H groups in total. The van der Waals surface area contributed by atoms with Crippen molar-refractivity contribution >= 4 is 5.91 Å². The Hall–Kier alpha value is -1.77. The van der Waals surface area contributed by atoms with Crippen LogP contribution in [0.5, 0.6) is 5.75 Å². The van der Waals surface area contributed by atoms with E-state index >= 15 is 0 Å². The Morgan fingerprint density at radius 2 is 2.28 bits per heavy atom. The first-order valence-corrected chi connectivity index (χ1v) is 6.43. The summed E-state index contributed by atoms with van der Waals surface area (Å²) in [7, 11) is 0. The van der Waals surface area contributed by atoms with E-state index in [4.69, 9.17) is 0 Å². The molecule has 1 amide bonds. The number of allylic oxidation sites excluding steroid dienone is 1. The summed E-state index contributed by atoms with van der Waals surface area (Å²) >= 11 is 0. The summed E-state index contributed by atoms with van der Waals surface area (Å²) < 4.78 is 0. The van der Waals surface area contributed by atoms with E-state index in [1.807, 2.05) is 0 Å². The third-order valence-electron chi connectivity index (χ3n) is 3.42. The highest BCUT2D eigenvalue weighted by Gasteiger charge is 2.11. The van der Waals surface area contributed by atoms with E-state index in [0.29, 0.717) is 17.7 Å². The molecule has 0 heterocycles. The molecule has 0 aliphatic heterocycles. The number of rotatable bonds is 4. The van der Waals surface area contributed by atoms with Crippen LogP contribution in [0, 0.1) is 6.92 Å². The van der Waals surface area contributed by atoms with Gasteiger partial charge in [0.15, 0.2) is 0 Å². The van der Waals surface area contributed by atoms with Gasteiger partial charge in [0, 0.05) is 17.7 Å². The molecule has 18 heavy (non-hydrogen) atoms. The number of carbonyl (C=O) groups is 1. The molecule has 0 bridgehead atoms. The standard InChI is InChI=1S/C15H19NO2/c1-11-13(7-4-8-14(11)17)15(18)16-10-9-12-5-2-3-6-12/h4-5,7-8,17H,2-3,6,9-10H2,1H3,(H,16,18). The number of amides is 1. The lowest BCUT2D eigenvalue weighted by Crippen LogP contribution is -2.25. The van der Waals surface area contributed by atoms with Gasteiger partial charge < -0.3 is 10.4 Å². The minimum Gasteiger partial charge on any atom is -0.508 e. The second-order valence-electron chi connectivity index (χ2n) is 4.71. The maximum Gasteiger partial charge on any atom is 0.251 e. The van der Waals surface area contributed by atoms with Gasteiger partial charge >= 0.3 is 0 Å². The van der Waals surface area contributed by atoms with E-state index in [0.717, 1.165) is 6.42 Å². The van der Waals surface area contributed by atoms with Crippen molar-refractivity contribution in [3.8, 4) is 5.75 Å². The zero-order valence-corrected chi connectivity index (χ0v) is 10.7. The summed E-state index contributed by atoms with van der Waals surface area (Å²) in [6.45, 7) is 2.42. The van der Waals surface area contributed by atoms with Crippen LogP contribution in [0.4, 0.5) is 0 Å². The zero-order chi connectivity index (χ0) is 13.0. The highest BCUT2D eigenvalue weighted by Crippen LogP contribution is 2.21. The van der Waals surface area contributed by atoms with Crippen LogP contribution >= 0.6 is 0 Å². The van der Waals surface area contributed by atoms with Crippen molar-refractivity contribution in [2.75, 3.05) is 6.54 Å². The number of benzene rings is 1. The minimum absolute atomic E-state index is 0.109. The highest BCUT2D eigenvalue weighted by molar-refractivity contribution is 5.96. The lowest BCUT2D eigenvalue weighted by atomic mass is 10.1. The molecule has 2 rings (SSSR count). The van der Waals surface area contributed by atoms with E-state index in [-0.39, 0.29) is 11.7 Å². The Morgan fingerprint density at radius 1 is 1.44 bits per heavy atom. The molecule has 96 valence electrons. The molecule has 0 unspecified atom stereocenters. The van der Waals surface area contributed by atoms with E-state index in [1.54, 1.807) is 25.1 Å². The van der Waals surface area contributed by atoms with Gasteiger partial charge in [0.1, 0.15) is 5.75 Å². The van der Waals surface area contributed by atoms with Gasteiger partial charge in [0.2, 0.25) is 0 Å². The van der Waals surface area contributed by atoms with E-state index < -0.39 is 0 Å². The molecule has 1 aromatic carbocycles. The van der Waals surface area contributed by atoms with E-state index in [1.165, 1.54) is 24.8 Å². The average molecular weight is 245 g/mol. The molecule has 1 aliphatic rings. The van der Waals surface area contributed by atoms with Gasteiger partial charge in [0.25, 0.3) is 5.91 Å². The quantitative estimate of drug-likeness (QED) is 0.801. The summed E-state index contributed by atoms with van der Waals surface area (Å²) in [5, 5.41) is 12.5. The summed E-state index contributed by atoms with van der Waals surface area (Å²) in [5.41, 5.74) is 2.63. The molecular formula is C15H19NO2. The molecule has 3 heteroatoms. The number of phenols is 1.